The van der Waals surface area contributed by atoms with Crippen molar-refractivity contribution in [1.82, 2.24) is 14.8 Å². The molecule has 1 aromatic heterocycles. The number of amides is 2. The van der Waals surface area contributed by atoms with E-state index in [2.05, 4.69) is 22.0 Å². The lowest BCUT2D eigenvalue weighted by Crippen LogP contribution is -2.38. The van der Waals surface area contributed by atoms with E-state index in [4.69, 9.17) is 16.3 Å². The molecule has 1 aliphatic heterocycles. The number of methoxy groups -OCH3 is 1. The first-order chi connectivity index (χ1) is 18.0. The second-order valence-corrected chi connectivity index (χ2v) is 9.72. The summed E-state index contributed by atoms with van der Waals surface area (Å²) in [6.45, 7) is 5.54. The zero-order valence-corrected chi connectivity index (χ0v) is 22.2. The van der Waals surface area contributed by atoms with Crippen molar-refractivity contribution in [3.8, 4) is 0 Å². The van der Waals surface area contributed by atoms with Crippen LogP contribution in [0.2, 0.25) is 5.02 Å². The Kier molecular flexibility index (Phi) is 9.28. The summed E-state index contributed by atoms with van der Waals surface area (Å²) in [5, 5.41) is 0.539. The zero-order chi connectivity index (χ0) is 26.2. The van der Waals surface area contributed by atoms with Crippen molar-refractivity contribution in [3.05, 3.63) is 94.3 Å². The lowest BCUT2D eigenvalue weighted by Gasteiger charge is -2.29. The van der Waals surface area contributed by atoms with E-state index in [0.717, 1.165) is 36.3 Å². The number of hydrogen-bond donors (Lipinski definition) is 0. The van der Waals surface area contributed by atoms with Crippen LogP contribution in [0.25, 0.3) is 0 Å². The summed E-state index contributed by atoms with van der Waals surface area (Å²) in [6, 6.07) is 17.6. The monoisotopic (exact) mass is 520 g/mol. The van der Waals surface area contributed by atoms with Gasteiger partial charge in [-0.3, -0.25) is 19.5 Å². The Bertz CT molecular complexity index is 1220. The van der Waals surface area contributed by atoms with Crippen molar-refractivity contribution in [2.24, 2.45) is 0 Å². The standard InChI is InChI=1S/C29H33ClN4O3/c1-22-18-31-12-11-26(22)29(36)33-16-15-32(19-23-7-4-3-5-8-23)13-6-14-34(28(35)21-37-2)27-17-25(30)10-9-24(27)20-33/h3-5,7-12,17-18H,6,13-16,19-21H2,1-2H3. The van der Waals surface area contributed by atoms with Gasteiger partial charge in [0.25, 0.3) is 11.8 Å². The fourth-order valence-electron chi connectivity index (χ4n) is 4.67. The van der Waals surface area contributed by atoms with Crippen LogP contribution in [0, 0.1) is 6.92 Å². The van der Waals surface area contributed by atoms with Crippen LogP contribution in [0.5, 0.6) is 0 Å². The number of aromatic nitrogens is 1. The minimum absolute atomic E-state index is 0.0292. The molecule has 0 spiro atoms. The summed E-state index contributed by atoms with van der Waals surface area (Å²) in [7, 11) is 1.52. The molecule has 0 radical (unpaired) electrons. The van der Waals surface area contributed by atoms with Crippen LogP contribution in [-0.4, -0.2) is 66.5 Å². The van der Waals surface area contributed by atoms with Crippen LogP contribution in [-0.2, 0) is 22.6 Å². The Morgan fingerprint density at radius 2 is 1.84 bits per heavy atom. The number of nitrogens with zero attached hydrogens (tertiary/aromatic N) is 4. The predicted molar refractivity (Wildman–Crippen MR) is 146 cm³/mol. The van der Waals surface area contributed by atoms with Crippen molar-refractivity contribution in [2.75, 3.05) is 44.8 Å². The van der Waals surface area contributed by atoms with Crippen LogP contribution < -0.4 is 4.90 Å². The molecule has 3 aromatic rings. The molecule has 7 nitrogen and oxygen atoms in total. The van der Waals surface area contributed by atoms with Gasteiger partial charge in [-0.05, 0) is 48.2 Å². The Labute approximate surface area is 223 Å². The number of fused-ring (bicyclic) bond motifs is 1. The minimum atomic E-state index is -0.136. The van der Waals surface area contributed by atoms with E-state index in [1.165, 1.54) is 12.7 Å². The highest BCUT2D eigenvalue weighted by Crippen LogP contribution is 2.28. The molecular weight excluding hydrogens is 488 g/mol. The van der Waals surface area contributed by atoms with Crippen molar-refractivity contribution in [2.45, 2.75) is 26.4 Å². The Hall–Kier alpha value is -3.26. The Morgan fingerprint density at radius 1 is 1.03 bits per heavy atom. The predicted octanol–water partition coefficient (Wildman–Crippen LogP) is 4.57. The van der Waals surface area contributed by atoms with E-state index in [0.29, 0.717) is 36.8 Å². The minimum Gasteiger partial charge on any atom is -0.375 e. The molecule has 2 aromatic carbocycles. The molecule has 0 bridgehead atoms. The molecule has 0 saturated heterocycles. The maximum Gasteiger partial charge on any atom is 0.254 e. The maximum absolute atomic E-state index is 13.8. The number of ether oxygens (including phenoxy) is 1. The molecule has 8 heteroatoms. The first-order valence-electron chi connectivity index (χ1n) is 12.5. The van der Waals surface area contributed by atoms with Crippen LogP contribution >= 0.6 is 11.6 Å². The van der Waals surface area contributed by atoms with Gasteiger partial charge in [-0.25, -0.2) is 0 Å². The van der Waals surface area contributed by atoms with E-state index in [1.807, 2.05) is 42.2 Å². The molecule has 4 rings (SSSR count). The van der Waals surface area contributed by atoms with Gasteiger partial charge in [0.15, 0.2) is 0 Å². The summed E-state index contributed by atoms with van der Waals surface area (Å²) in [5.74, 6) is -0.197. The lowest BCUT2D eigenvalue weighted by molar-refractivity contribution is -0.122. The van der Waals surface area contributed by atoms with E-state index in [9.17, 15) is 9.59 Å². The van der Waals surface area contributed by atoms with E-state index in [1.54, 1.807) is 29.4 Å². The molecular formula is C29H33ClN4O3. The molecule has 0 fully saturated rings. The second-order valence-electron chi connectivity index (χ2n) is 9.28. The molecule has 0 unspecified atom stereocenters. The van der Waals surface area contributed by atoms with Gasteiger partial charge in [-0.15, -0.1) is 0 Å². The molecule has 194 valence electrons. The first-order valence-corrected chi connectivity index (χ1v) is 12.9. The van der Waals surface area contributed by atoms with Gasteiger partial charge < -0.3 is 14.5 Å². The number of anilines is 1. The van der Waals surface area contributed by atoms with Crippen LogP contribution in [0.1, 0.15) is 33.5 Å². The number of rotatable bonds is 5. The molecule has 1 aliphatic rings. The Morgan fingerprint density at radius 3 is 2.59 bits per heavy atom. The second kappa shape index (κ2) is 12.8. The van der Waals surface area contributed by atoms with E-state index in [-0.39, 0.29) is 18.4 Å². The highest BCUT2D eigenvalue weighted by atomic mass is 35.5. The third-order valence-electron chi connectivity index (χ3n) is 6.60. The average molecular weight is 521 g/mol. The molecule has 0 N–H and O–H groups in total. The number of pyridine rings is 1. The third-order valence-corrected chi connectivity index (χ3v) is 6.83. The SMILES string of the molecule is COCC(=O)N1CCCN(Cc2ccccc2)CCN(C(=O)c2ccncc2C)Cc2ccc(Cl)cc21. The summed E-state index contributed by atoms with van der Waals surface area (Å²) >= 11 is 6.39. The number of carbonyl (C=O) groups is 2. The van der Waals surface area contributed by atoms with Gasteiger partial charge in [-0.2, -0.15) is 0 Å². The first kappa shape index (κ1) is 26.8. The molecule has 0 atom stereocenters. The smallest absolute Gasteiger partial charge is 0.254 e. The largest absolute Gasteiger partial charge is 0.375 e. The van der Waals surface area contributed by atoms with Gasteiger partial charge in [0, 0.05) is 69.4 Å². The number of carbonyl (C=O) groups excluding carboxylic acids is 2. The molecule has 0 saturated carbocycles. The van der Waals surface area contributed by atoms with Crippen molar-refractivity contribution < 1.29 is 14.3 Å². The Balaban J connectivity index is 1.71. The zero-order valence-electron chi connectivity index (χ0n) is 21.4. The van der Waals surface area contributed by atoms with Crippen molar-refractivity contribution >= 4 is 29.1 Å². The molecule has 37 heavy (non-hydrogen) atoms. The summed E-state index contributed by atoms with van der Waals surface area (Å²) in [4.78, 5) is 37.0. The van der Waals surface area contributed by atoms with Crippen LogP contribution in [0.15, 0.2) is 67.0 Å². The summed E-state index contributed by atoms with van der Waals surface area (Å²) < 4.78 is 5.18. The fourth-order valence-corrected chi connectivity index (χ4v) is 4.84. The number of hydrogen-bond acceptors (Lipinski definition) is 5. The van der Waals surface area contributed by atoms with E-state index >= 15 is 0 Å². The highest BCUT2D eigenvalue weighted by Gasteiger charge is 2.25. The van der Waals surface area contributed by atoms with Gasteiger partial charge in [-0.1, -0.05) is 48.0 Å². The normalized spacial score (nSPS) is 15.1. The lowest BCUT2D eigenvalue weighted by atomic mass is 10.1. The average Bonchev–Trinajstić information content (AvgIpc) is 2.93. The fraction of sp³-hybridized carbons (Fsp3) is 0.345. The van der Waals surface area contributed by atoms with Gasteiger partial charge >= 0.3 is 0 Å². The number of aryl methyl sites for hydroxylation is 1. The van der Waals surface area contributed by atoms with Crippen LogP contribution in [0.4, 0.5) is 5.69 Å². The van der Waals surface area contributed by atoms with Crippen molar-refractivity contribution in [3.63, 3.8) is 0 Å². The molecule has 2 amide bonds. The molecule has 0 aliphatic carbocycles. The third kappa shape index (κ3) is 6.95. The maximum atomic E-state index is 13.8. The van der Waals surface area contributed by atoms with Gasteiger partial charge in [0.05, 0.1) is 5.69 Å². The van der Waals surface area contributed by atoms with Crippen molar-refractivity contribution in [1.29, 1.82) is 0 Å². The highest BCUT2D eigenvalue weighted by molar-refractivity contribution is 6.31. The van der Waals surface area contributed by atoms with Crippen LogP contribution in [0.3, 0.4) is 0 Å². The van der Waals surface area contributed by atoms with Gasteiger partial charge in [0.1, 0.15) is 6.61 Å². The number of benzene rings is 2. The number of halogens is 1. The topological polar surface area (TPSA) is 66.0 Å². The summed E-state index contributed by atoms with van der Waals surface area (Å²) in [6.07, 6.45) is 4.12. The van der Waals surface area contributed by atoms with E-state index < -0.39 is 0 Å². The quantitative estimate of drug-likeness (QED) is 0.493. The van der Waals surface area contributed by atoms with Gasteiger partial charge in [0.2, 0.25) is 0 Å². The molecule has 2 heterocycles. The summed E-state index contributed by atoms with van der Waals surface area (Å²) in [5.41, 5.74) is 4.25.